The van der Waals surface area contributed by atoms with E-state index in [0.29, 0.717) is 13.1 Å². The molecule has 2 aromatic carbocycles. The van der Waals surface area contributed by atoms with Crippen molar-refractivity contribution in [3.05, 3.63) is 88.7 Å². The third kappa shape index (κ3) is 4.37. The zero-order valence-corrected chi connectivity index (χ0v) is 19.0. The number of rotatable bonds is 6. The van der Waals surface area contributed by atoms with Crippen LogP contribution in [0.25, 0.3) is 0 Å². The van der Waals surface area contributed by atoms with Crippen LogP contribution in [-0.2, 0) is 24.4 Å². The van der Waals surface area contributed by atoms with Gasteiger partial charge >= 0.3 is 0 Å². The molecule has 8 nitrogen and oxygen atoms in total. The first-order chi connectivity index (χ1) is 15.8. The van der Waals surface area contributed by atoms with Crippen molar-refractivity contribution in [3.8, 4) is 0 Å². The second-order valence-electron chi connectivity index (χ2n) is 8.49. The number of nitrogens with one attached hydrogen (secondary N) is 2. The summed E-state index contributed by atoms with van der Waals surface area (Å²) in [4.78, 5) is 40.2. The molecule has 0 fully saturated rings. The number of likely N-dealkylation sites (N-methyl/N-ethyl adjacent to an activating group) is 1. The number of carbonyl (C=O) groups excluding carboxylic acids is 3. The molecule has 0 saturated heterocycles. The highest BCUT2D eigenvalue weighted by Crippen LogP contribution is 2.26. The fourth-order valence-electron chi connectivity index (χ4n) is 3.88. The molecule has 1 aliphatic rings. The van der Waals surface area contributed by atoms with E-state index in [1.165, 1.54) is 15.6 Å². The third-order valence-corrected chi connectivity index (χ3v) is 6.22. The lowest BCUT2D eigenvalue weighted by Gasteiger charge is -2.40. The summed E-state index contributed by atoms with van der Waals surface area (Å²) in [7, 11) is 1.60. The highest BCUT2D eigenvalue weighted by Gasteiger charge is 2.46. The van der Waals surface area contributed by atoms with E-state index in [2.05, 4.69) is 15.7 Å². The number of carbonyl (C=O) groups is 3. The Morgan fingerprint density at radius 2 is 1.73 bits per heavy atom. The van der Waals surface area contributed by atoms with E-state index >= 15 is 0 Å². The van der Waals surface area contributed by atoms with E-state index in [1.54, 1.807) is 14.0 Å². The maximum Gasteiger partial charge on any atom is 0.272 e. The van der Waals surface area contributed by atoms with Crippen LogP contribution in [0.2, 0.25) is 0 Å². The molecule has 3 amide bonds. The van der Waals surface area contributed by atoms with Crippen LogP contribution < -0.4 is 10.6 Å². The minimum atomic E-state index is -1.14. The Morgan fingerprint density at radius 3 is 2.45 bits per heavy atom. The molecular formula is C25H27N5O3. The number of amides is 3. The lowest BCUT2D eigenvalue weighted by Crippen LogP contribution is -2.62. The van der Waals surface area contributed by atoms with Gasteiger partial charge in [0.05, 0.1) is 6.54 Å². The molecule has 1 atom stereocenters. The molecule has 3 aromatic rings. The van der Waals surface area contributed by atoms with Gasteiger partial charge in [-0.15, -0.1) is 0 Å². The second kappa shape index (κ2) is 8.90. The van der Waals surface area contributed by atoms with Crippen molar-refractivity contribution >= 4 is 17.7 Å². The Morgan fingerprint density at radius 1 is 1.03 bits per heavy atom. The summed E-state index contributed by atoms with van der Waals surface area (Å²) in [5, 5.41) is 10.1. The maximum absolute atomic E-state index is 13.1. The number of nitrogens with zero attached hydrogens (tertiary/aromatic N) is 3. The zero-order chi connectivity index (χ0) is 23.6. The maximum atomic E-state index is 13.1. The zero-order valence-electron chi connectivity index (χ0n) is 19.0. The third-order valence-electron chi connectivity index (χ3n) is 6.22. The van der Waals surface area contributed by atoms with Gasteiger partial charge in [-0.1, -0.05) is 54.6 Å². The van der Waals surface area contributed by atoms with Gasteiger partial charge in [-0.25, -0.2) is 0 Å². The van der Waals surface area contributed by atoms with Crippen LogP contribution in [0.15, 0.2) is 60.7 Å². The molecule has 2 heterocycles. The summed E-state index contributed by atoms with van der Waals surface area (Å²) in [6, 6.07) is 18.8. The fraction of sp³-hybridized carbons (Fsp3) is 0.280. The molecule has 1 aromatic heterocycles. The second-order valence-corrected chi connectivity index (χ2v) is 8.49. The number of aryl methyl sites for hydroxylation is 1. The summed E-state index contributed by atoms with van der Waals surface area (Å²) in [6.45, 7) is 4.55. The Bertz CT molecular complexity index is 1200. The number of fused-ring (bicyclic) bond motifs is 1. The van der Waals surface area contributed by atoms with E-state index in [1.807, 2.05) is 61.5 Å². The van der Waals surface area contributed by atoms with Crippen LogP contribution in [0.4, 0.5) is 0 Å². The van der Waals surface area contributed by atoms with E-state index < -0.39 is 5.54 Å². The standard InChI is InChI=1S/C25H27N5O3/c1-17-9-7-8-12-19(17)15-26-22(31)20-13-21-23(32)29(3)25(2,16-30(21)28-20)24(33)27-14-18-10-5-4-6-11-18/h4-13H,14-16H2,1-3H3,(H,26,31)(H,27,33)/t25-/m0/s1. The topological polar surface area (TPSA) is 96.3 Å². The van der Waals surface area contributed by atoms with Crippen molar-refractivity contribution in [1.29, 1.82) is 0 Å². The highest BCUT2D eigenvalue weighted by molar-refractivity contribution is 6.01. The average Bonchev–Trinajstić information content (AvgIpc) is 3.25. The molecule has 2 N–H and O–H groups in total. The first kappa shape index (κ1) is 22.3. The first-order valence-corrected chi connectivity index (χ1v) is 10.8. The smallest absolute Gasteiger partial charge is 0.272 e. The van der Waals surface area contributed by atoms with Crippen LogP contribution >= 0.6 is 0 Å². The Labute approximate surface area is 192 Å². The molecule has 0 aliphatic carbocycles. The molecule has 0 spiro atoms. The quantitative estimate of drug-likeness (QED) is 0.608. The van der Waals surface area contributed by atoms with E-state index in [4.69, 9.17) is 0 Å². The predicted molar refractivity (Wildman–Crippen MR) is 123 cm³/mol. The summed E-state index contributed by atoms with van der Waals surface area (Å²) in [5.41, 5.74) is 2.34. The molecule has 8 heteroatoms. The van der Waals surface area contributed by atoms with Gasteiger partial charge in [-0.2, -0.15) is 5.10 Å². The van der Waals surface area contributed by atoms with Gasteiger partial charge in [0.1, 0.15) is 11.2 Å². The molecule has 0 unspecified atom stereocenters. The molecule has 0 saturated carbocycles. The van der Waals surface area contributed by atoms with Crippen molar-refractivity contribution in [2.75, 3.05) is 7.05 Å². The SMILES string of the molecule is Cc1ccccc1CNC(=O)c1cc2n(n1)C[C@@](C)(C(=O)NCc1ccccc1)N(C)C2=O. The number of benzene rings is 2. The van der Waals surface area contributed by atoms with Crippen LogP contribution in [0.1, 0.15) is 44.6 Å². The number of hydrogen-bond acceptors (Lipinski definition) is 4. The molecule has 0 bridgehead atoms. The lowest BCUT2D eigenvalue weighted by molar-refractivity contribution is -0.132. The van der Waals surface area contributed by atoms with Crippen LogP contribution in [0.3, 0.4) is 0 Å². The van der Waals surface area contributed by atoms with Gasteiger partial charge in [0, 0.05) is 26.2 Å². The fourth-order valence-corrected chi connectivity index (χ4v) is 3.88. The monoisotopic (exact) mass is 445 g/mol. The van der Waals surface area contributed by atoms with Crippen LogP contribution in [0, 0.1) is 6.92 Å². The van der Waals surface area contributed by atoms with Crippen molar-refractivity contribution in [2.45, 2.75) is 39.0 Å². The summed E-state index contributed by atoms with van der Waals surface area (Å²) in [5.74, 6) is -1.01. The Balaban J connectivity index is 1.48. The number of aromatic nitrogens is 2. The Hall–Kier alpha value is -3.94. The minimum Gasteiger partial charge on any atom is -0.350 e. The van der Waals surface area contributed by atoms with E-state index in [0.717, 1.165) is 16.7 Å². The van der Waals surface area contributed by atoms with E-state index in [9.17, 15) is 14.4 Å². The minimum absolute atomic E-state index is 0.147. The molecule has 0 radical (unpaired) electrons. The first-order valence-electron chi connectivity index (χ1n) is 10.8. The van der Waals surface area contributed by atoms with Crippen LogP contribution in [-0.4, -0.2) is 45.0 Å². The van der Waals surface area contributed by atoms with Gasteiger partial charge < -0.3 is 15.5 Å². The molecule has 1 aliphatic heterocycles. The van der Waals surface area contributed by atoms with Crippen molar-refractivity contribution in [1.82, 2.24) is 25.3 Å². The highest BCUT2D eigenvalue weighted by atomic mass is 16.2. The molecular weight excluding hydrogens is 418 g/mol. The average molecular weight is 446 g/mol. The van der Waals surface area contributed by atoms with Crippen molar-refractivity contribution < 1.29 is 14.4 Å². The largest absolute Gasteiger partial charge is 0.350 e. The Kier molecular flexibility index (Phi) is 6.00. The van der Waals surface area contributed by atoms with Gasteiger partial charge in [-0.05, 0) is 30.5 Å². The molecule has 33 heavy (non-hydrogen) atoms. The number of hydrogen-bond donors (Lipinski definition) is 2. The predicted octanol–water partition coefficient (Wildman–Crippen LogP) is 2.28. The molecule has 4 rings (SSSR count). The van der Waals surface area contributed by atoms with E-state index in [-0.39, 0.29) is 35.7 Å². The summed E-state index contributed by atoms with van der Waals surface area (Å²) >= 11 is 0. The van der Waals surface area contributed by atoms with Crippen molar-refractivity contribution in [2.24, 2.45) is 0 Å². The van der Waals surface area contributed by atoms with Gasteiger partial charge in [0.2, 0.25) is 5.91 Å². The van der Waals surface area contributed by atoms with Crippen LogP contribution in [0.5, 0.6) is 0 Å². The molecule has 170 valence electrons. The van der Waals surface area contributed by atoms with Gasteiger partial charge in [0.25, 0.3) is 11.8 Å². The van der Waals surface area contributed by atoms with Gasteiger partial charge in [-0.3, -0.25) is 19.1 Å². The van der Waals surface area contributed by atoms with Gasteiger partial charge in [0.15, 0.2) is 5.69 Å². The summed E-state index contributed by atoms with van der Waals surface area (Å²) in [6.07, 6.45) is 0. The summed E-state index contributed by atoms with van der Waals surface area (Å²) < 4.78 is 1.45. The lowest BCUT2D eigenvalue weighted by atomic mass is 9.96. The van der Waals surface area contributed by atoms with Crippen molar-refractivity contribution in [3.63, 3.8) is 0 Å². The normalized spacial score (nSPS) is 17.4.